The Balaban J connectivity index is 1.51. The monoisotopic (exact) mass is 593 g/mol. The molecular weight excluding hydrogens is 567 g/mol. The van der Waals surface area contributed by atoms with E-state index in [-0.39, 0.29) is 10.7 Å². The summed E-state index contributed by atoms with van der Waals surface area (Å²) in [5.41, 5.74) is 1.70. The molecule has 0 saturated carbocycles. The summed E-state index contributed by atoms with van der Waals surface area (Å²) in [6, 6.07) is 17.7. The number of unbranched alkanes of at least 4 members (excludes halogenated alkanes) is 1. The van der Waals surface area contributed by atoms with Crippen molar-refractivity contribution in [3.05, 3.63) is 93.4 Å². The van der Waals surface area contributed by atoms with Crippen LogP contribution in [0.1, 0.15) is 46.6 Å². The highest BCUT2D eigenvalue weighted by Crippen LogP contribution is 2.45. The van der Waals surface area contributed by atoms with Crippen LogP contribution >= 0.6 is 34.4 Å². The number of ether oxygens (including phenoxy) is 2. The predicted octanol–water partition coefficient (Wildman–Crippen LogP) is 6.86. The van der Waals surface area contributed by atoms with Gasteiger partial charge in [0.25, 0.3) is 5.91 Å². The minimum absolute atomic E-state index is 0.0113. The van der Waals surface area contributed by atoms with Crippen molar-refractivity contribution in [3.63, 3.8) is 0 Å². The van der Waals surface area contributed by atoms with Crippen molar-refractivity contribution in [3.8, 4) is 11.5 Å². The van der Waals surface area contributed by atoms with Crippen LogP contribution in [0.25, 0.3) is 0 Å². The molecule has 0 aliphatic carbocycles. The third-order valence-electron chi connectivity index (χ3n) is 6.26. The van der Waals surface area contributed by atoms with Gasteiger partial charge in [-0.15, -0.1) is 21.5 Å². The fourth-order valence-electron chi connectivity index (χ4n) is 4.27. The number of hydrogen-bond donors (Lipinski definition) is 1. The van der Waals surface area contributed by atoms with E-state index >= 15 is 0 Å². The first-order chi connectivity index (χ1) is 19.5. The summed E-state index contributed by atoms with van der Waals surface area (Å²) in [6.45, 7) is 2.62. The van der Waals surface area contributed by atoms with Crippen molar-refractivity contribution in [2.45, 2.75) is 35.9 Å². The number of ketones is 1. The lowest BCUT2D eigenvalue weighted by Crippen LogP contribution is -2.31. The minimum atomic E-state index is -0.930. The second kappa shape index (κ2) is 12.7. The fraction of sp³-hybridized carbons (Fsp3) is 0.241. The van der Waals surface area contributed by atoms with Crippen molar-refractivity contribution in [1.29, 1.82) is 0 Å². The number of thioether (sulfide) groups is 1. The summed E-state index contributed by atoms with van der Waals surface area (Å²) >= 11 is 3.99. The van der Waals surface area contributed by atoms with Crippen LogP contribution in [0.2, 0.25) is 0 Å². The molecule has 1 N–H and O–H groups in total. The molecule has 0 radical (unpaired) electrons. The zero-order chi connectivity index (χ0) is 28.1. The van der Waals surface area contributed by atoms with Gasteiger partial charge in [-0.25, -0.2) is 0 Å². The Morgan fingerprint density at radius 2 is 1.93 bits per heavy atom. The van der Waals surface area contributed by atoms with Gasteiger partial charge in [-0.2, -0.15) is 0 Å². The lowest BCUT2D eigenvalue weighted by atomic mass is 9.95. The van der Waals surface area contributed by atoms with E-state index in [4.69, 9.17) is 9.47 Å². The number of aliphatic hydroxyl groups is 1. The normalized spacial score (nSPS) is 15.1. The Labute approximate surface area is 244 Å². The lowest BCUT2D eigenvalue weighted by Gasteiger charge is -2.24. The lowest BCUT2D eigenvalue weighted by molar-refractivity contribution is -0.117. The van der Waals surface area contributed by atoms with Gasteiger partial charge in [-0.3, -0.25) is 14.5 Å². The molecule has 2 aromatic heterocycles. The molecule has 40 heavy (non-hydrogen) atoms. The number of carbonyl (C=O) groups excluding carboxylic acids is 2. The number of methoxy groups -OCH3 is 1. The summed E-state index contributed by atoms with van der Waals surface area (Å²) in [5.74, 6) is -0.00655. The quantitative estimate of drug-likeness (QED) is 0.0823. The van der Waals surface area contributed by atoms with Crippen LogP contribution in [0.3, 0.4) is 0 Å². The molecule has 4 aromatic rings. The van der Waals surface area contributed by atoms with E-state index in [0.29, 0.717) is 38.6 Å². The van der Waals surface area contributed by atoms with Gasteiger partial charge in [0.2, 0.25) is 10.9 Å². The maximum atomic E-state index is 13.6. The molecule has 0 spiro atoms. The molecule has 2 aromatic carbocycles. The van der Waals surface area contributed by atoms with Crippen LogP contribution < -0.4 is 14.4 Å². The van der Waals surface area contributed by atoms with Crippen LogP contribution in [-0.4, -0.2) is 40.7 Å². The average Bonchev–Trinajstić information content (AvgIpc) is 3.73. The van der Waals surface area contributed by atoms with Gasteiger partial charge in [0.1, 0.15) is 0 Å². The maximum Gasteiger partial charge on any atom is 0.296 e. The van der Waals surface area contributed by atoms with Crippen LogP contribution in [0.15, 0.2) is 81.7 Å². The molecule has 11 heteroatoms. The van der Waals surface area contributed by atoms with Crippen molar-refractivity contribution in [2.24, 2.45) is 0 Å². The van der Waals surface area contributed by atoms with Gasteiger partial charge in [0, 0.05) is 5.75 Å². The molecule has 0 saturated heterocycles. The van der Waals surface area contributed by atoms with Crippen LogP contribution in [0.5, 0.6) is 11.5 Å². The van der Waals surface area contributed by atoms with E-state index in [1.165, 1.54) is 46.4 Å². The highest BCUT2D eigenvalue weighted by molar-refractivity contribution is 8.00. The summed E-state index contributed by atoms with van der Waals surface area (Å²) in [4.78, 5) is 28.9. The Morgan fingerprint density at radius 3 is 2.65 bits per heavy atom. The molecule has 3 heterocycles. The van der Waals surface area contributed by atoms with Crippen molar-refractivity contribution < 1.29 is 24.2 Å². The molecule has 1 atom stereocenters. The average molecular weight is 594 g/mol. The SMILES string of the molecule is CCCCOc1ccc(C2C(C(=O)c3cccs3)=C(O)C(=O)N2c2nnc(SCc3ccccc3)s2)cc1OC. The molecule has 0 bridgehead atoms. The van der Waals surface area contributed by atoms with E-state index in [9.17, 15) is 14.7 Å². The van der Waals surface area contributed by atoms with Crippen molar-refractivity contribution in [1.82, 2.24) is 10.2 Å². The summed E-state index contributed by atoms with van der Waals surface area (Å²) in [7, 11) is 1.54. The van der Waals surface area contributed by atoms with Crippen LogP contribution in [-0.2, 0) is 10.5 Å². The number of amides is 1. The number of aliphatic hydroxyl groups excluding tert-OH is 1. The zero-order valence-electron chi connectivity index (χ0n) is 21.9. The highest BCUT2D eigenvalue weighted by Gasteiger charge is 2.46. The van der Waals surface area contributed by atoms with E-state index in [1.54, 1.807) is 35.7 Å². The number of anilines is 1. The number of carbonyl (C=O) groups is 2. The Kier molecular flexibility index (Phi) is 8.83. The van der Waals surface area contributed by atoms with Gasteiger partial charge < -0.3 is 14.6 Å². The molecule has 1 aliphatic rings. The largest absolute Gasteiger partial charge is 0.503 e. The van der Waals surface area contributed by atoms with E-state index in [1.807, 2.05) is 30.3 Å². The van der Waals surface area contributed by atoms with Gasteiger partial charge in [-0.1, -0.05) is 78.9 Å². The number of aromatic nitrogens is 2. The molecule has 206 valence electrons. The molecule has 0 fully saturated rings. The topological polar surface area (TPSA) is 102 Å². The van der Waals surface area contributed by atoms with Gasteiger partial charge >= 0.3 is 0 Å². The minimum Gasteiger partial charge on any atom is -0.503 e. The van der Waals surface area contributed by atoms with Crippen molar-refractivity contribution >= 4 is 51.3 Å². The number of benzene rings is 2. The number of nitrogens with zero attached hydrogens (tertiary/aromatic N) is 3. The van der Waals surface area contributed by atoms with E-state index in [2.05, 4.69) is 17.1 Å². The summed E-state index contributed by atoms with van der Waals surface area (Å²) in [5, 5.41) is 21.7. The van der Waals surface area contributed by atoms with Crippen molar-refractivity contribution in [2.75, 3.05) is 18.6 Å². The molecule has 1 aliphatic heterocycles. The maximum absolute atomic E-state index is 13.6. The first-order valence-corrected chi connectivity index (χ1v) is 15.4. The smallest absolute Gasteiger partial charge is 0.296 e. The van der Waals surface area contributed by atoms with Crippen LogP contribution in [0.4, 0.5) is 5.13 Å². The summed E-state index contributed by atoms with van der Waals surface area (Å²) < 4.78 is 12.1. The Morgan fingerprint density at radius 1 is 1.10 bits per heavy atom. The predicted molar refractivity (Wildman–Crippen MR) is 158 cm³/mol. The van der Waals surface area contributed by atoms with Crippen LogP contribution in [0, 0.1) is 0 Å². The number of hydrogen-bond acceptors (Lipinski definition) is 10. The number of thiophene rings is 1. The molecule has 1 amide bonds. The number of Topliss-reactive ketones (excluding diaryl/α,β-unsaturated/α-hetero) is 1. The molecule has 8 nitrogen and oxygen atoms in total. The summed E-state index contributed by atoms with van der Waals surface area (Å²) in [6.07, 6.45) is 1.89. The third kappa shape index (κ3) is 5.77. The van der Waals surface area contributed by atoms with Gasteiger partial charge in [0.15, 0.2) is 21.6 Å². The van der Waals surface area contributed by atoms with Gasteiger partial charge in [0.05, 0.1) is 30.2 Å². The van der Waals surface area contributed by atoms with E-state index in [0.717, 1.165) is 18.4 Å². The number of rotatable bonds is 12. The van der Waals surface area contributed by atoms with Gasteiger partial charge in [-0.05, 0) is 41.1 Å². The second-order valence-electron chi connectivity index (χ2n) is 8.88. The molecular formula is C29H27N3O5S3. The second-order valence-corrected chi connectivity index (χ2v) is 12.0. The Hall–Kier alpha value is -3.67. The standard InChI is InChI=1S/C29H27N3O5S3/c1-3-4-14-37-20-13-12-19(16-21(20)36-2)24-23(25(33)22-11-8-15-38-22)26(34)27(35)32(24)28-30-31-29(40-28)39-17-18-9-6-5-7-10-18/h5-13,15-16,24,34H,3-4,14,17H2,1-2H3. The molecule has 5 rings (SSSR count). The first kappa shape index (κ1) is 27.9. The zero-order valence-corrected chi connectivity index (χ0v) is 24.4. The van der Waals surface area contributed by atoms with E-state index < -0.39 is 23.5 Å². The first-order valence-electron chi connectivity index (χ1n) is 12.7. The third-order valence-corrected chi connectivity index (χ3v) is 9.26. The molecule has 1 unspecified atom stereocenters. The fourth-order valence-corrected chi connectivity index (χ4v) is 6.77. The Bertz CT molecular complexity index is 1520. The highest BCUT2D eigenvalue weighted by atomic mass is 32.2.